The van der Waals surface area contributed by atoms with Crippen LogP contribution in [0.25, 0.3) is 20.2 Å². The van der Waals surface area contributed by atoms with Crippen molar-refractivity contribution in [3.05, 3.63) is 45.7 Å². The summed E-state index contributed by atoms with van der Waals surface area (Å²) in [6, 6.07) is 6.48. The quantitative estimate of drug-likeness (QED) is 0.0930. The van der Waals surface area contributed by atoms with Crippen molar-refractivity contribution in [1.29, 1.82) is 0 Å². The van der Waals surface area contributed by atoms with E-state index in [1.165, 1.54) is 45.5 Å². The lowest BCUT2D eigenvalue weighted by molar-refractivity contribution is -0.146. The second-order valence-corrected chi connectivity index (χ2v) is 14.6. The van der Waals surface area contributed by atoms with Crippen LogP contribution in [0, 0.1) is 22.5 Å². The maximum absolute atomic E-state index is 15.6. The maximum atomic E-state index is 15.6. The Hall–Kier alpha value is -3.77. The van der Waals surface area contributed by atoms with Crippen molar-refractivity contribution in [1.82, 2.24) is 0 Å². The molecule has 0 amide bonds. The number of ether oxygens (including phenoxy) is 4. The first-order valence-electron chi connectivity index (χ1n) is 14.7. The molecule has 2 heterocycles. The van der Waals surface area contributed by atoms with Gasteiger partial charge in [0.25, 0.3) is 0 Å². The number of aliphatic carboxylic acids is 1. The number of ketones is 2. The summed E-state index contributed by atoms with van der Waals surface area (Å²) in [6.45, 7) is 8.36. The highest BCUT2D eigenvalue weighted by atomic mass is 32.1. The molecule has 4 rings (SSSR count). The highest BCUT2D eigenvalue weighted by molar-refractivity contribution is 7.21. The van der Waals surface area contributed by atoms with Crippen molar-refractivity contribution in [2.45, 2.75) is 60.3 Å². The van der Waals surface area contributed by atoms with Gasteiger partial charge in [-0.1, -0.05) is 13.8 Å². The zero-order valence-corrected chi connectivity index (χ0v) is 28.6. The predicted octanol–water partition coefficient (Wildman–Crippen LogP) is 8.49. The Morgan fingerprint density at radius 2 is 1.33 bits per heavy atom. The van der Waals surface area contributed by atoms with Crippen LogP contribution in [0.4, 0.5) is 8.78 Å². The van der Waals surface area contributed by atoms with Crippen molar-refractivity contribution >= 4 is 60.4 Å². The zero-order chi connectivity index (χ0) is 34.0. The number of carbonyl (C=O) groups is 3. The van der Waals surface area contributed by atoms with Gasteiger partial charge in [-0.2, -0.15) is 0 Å². The summed E-state index contributed by atoms with van der Waals surface area (Å²) in [5.41, 5.74) is -1.73. The minimum absolute atomic E-state index is 0.0161. The number of halogens is 2. The molecule has 4 aromatic rings. The molecular formula is C34H38F2O8S2. The number of methoxy groups -OCH3 is 2. The normalized spacial score (nSPS) is 12.0. The van der Waals surface area contributed by atoms with Gasteiger partial charge < -0.3 is 24.1 Å². The standard InChI is InChI=1S/C34H38F2O8S2/c1-18(37)33(2,3)10-9-19-13-20-25(45-19)15-23(41-6)30(28(20)35)43-11-8-12-44-31-24(42-7)16-26-21(29(31)36)14-27(46-26)22(38)17-34(4,5)32(39)40/h13-16H,8-12,17H2,1-7H3,(H,39,40). The molecule has 0 saturated carbocycles. The molecule has 0 unspecified atom stereocenters. The number of aryl methyl sites for hydroxylation is 1. The Bertz CT molecular complexity index is 1790. The van der Waals surface area contributed by atoms with Gasteiger partial charge >= 0.3 is 5.97 Å². The third-order valence-electron chi connectivity index (χ3n) is 8.04. The van der Waals surface area contributed by atoms with Crippen LogP contribution in [0.15, 0.2) is 24.3 Å². The highest BCUT2D eigenvalue weighted by Crippen LogP contribution is 2.42. The Kier molecular flexibility index (Phi) is 10.6. The van der Waals surface area contributed by atoms with E-state index in [4.69, 9.17) is 18.9 Å². The molecule has 12 heteroatoms. The lowest BCUT2D eigenvalue weighted by Crippen LogP contribution is -2.26. The van der Waals surface area contributed by atoms with Gasteiger partial charge in [0.15, 0.2) is 40.4 Å². The molecule has 0 saturated heterocycles. The smallest absolute Gasteiger partial charge is 0.309 e. The molecule has 2 aromatic heterocycles. The fourth-order valence-electron chi connectivity index (χ4n) is 4.67. The van der Waals surface area contributed by atoms with E-state index in [0.717, 1.165) is 16.2 Å². The molecule has 2 aromatic carbocycles. The fourth-order valence-corrected chi connectivity index (χ4v) is 6.78. The van der Waals surface area contributed by atoms with Gasteiger partial charge in [-0.3, -0.25) is 14.4 Å². The molecule has 8 nitrogen and oxygen atoms in total. The summed E-state index contributed by atoms with van der Waals surface area (Å²) < 4.78 is 54.6. The molecule has 0 aliphatic carbocycles. The molecule has 0 aliphatic rings. The van der Waals surface area contributed by atoms with Gasteiger partial charge in [-0.25, -0.2) is 8.78 Å². The monoisotopic (exact) mass is 676 g/mol. The van der Waals surface area contributed by atoms with Crippen LogP contribution in [-0.2, 0) is 16.0 Å². The second kappa shape index (κ2) is 13.9. The SMILES string of the molecule is COc1cc2sc(CCC(C)(C)C(C)=O)cc2c(F)c1OCCCOc1c(OC)cc2sc(C(=O)CC(C)(C)C(=O)O)cc2c1F. The predicted molar refractivity (Wildman–Crippen MR) is 175 cm³/mol. The number of fused-ring (bicyclic) bond motifs is 2. The van der Waals surface area contributed by atoms with E-state index < -0.39 is 34.2 Å². The lowest BCUT2D eigenvalue weighted by atomic mass is 9.84. The van der Waals surface area contributed by atoms with Crippen molar-refractivity contribution in [2.24, 2.45) is 10.8 Å². The molecule has 0 aliphatic heterocycles. The first-order chi connectivity index (χ1) is 21.6. The summed E-state index contributed by atoms with van der Waals surface area (Å²) in [7, 11) is 2.80. The number of thiophene rings is 2. The molecule has 0 atom stereocenters. The summed E-state index contributed by atoms with van der Waals surface area (Å²) in [4.78, 5) is 37.3. The van der Waals surface area contributed by atoms with Gasteiger partial charge in [-0.15, -0.1) is 22.7 Å². The number of hydrogen-bond donors (Lipinski definition) is 1. The van der Waals surface area contributed by atoms with E-state index in [0.29, 0.717) is 27.6 Å². The molecule has 0 spiro atoms. The van der Waals surface area contributed by atoms with Gasteiger partial charge in [0.05, 0.1) is 37.7 Å². The van der Waals surface area contributed by atoms with Gasteiger partial charge in [-0.05, 0) is 45.7 Å². The summed E-state index contributed by atoms with van der Waals surface area (Å²) in [5.74, 6) is -2.43. The van der Waals surface area contributed by atoms with Crippen LogP contribution in [0.2, 0.25) is 0 Å². The Morgan fingerprint density at radius 1 is 0.804 bits per heavy atom. The van der Waals surface area contributed by atoms with Crippen LogP contribution in [0.3, 0.4) is 0 Å². The van der Waals surface area contributed by atoms with Crippen molar-refractivity contribution in [2.75, 3.05) is 27.4 Å². The molecule has 248 valence electrons. The van der Waals surface area contributed by atoms with E-state index in [-0.39, 0.29) is 65.1 Å². The van der Waals surface area contributed by atoms with Gasteiger partial charge in [0, 0.05) is 55.4 Å². The first-order valence-corrected chi connectivity index (χ1v) is 16.3. The van der Waals surface area contributed by atoms with Crippen LogP contribution < -0.4 is 18.9 Å². The maximum Gasteiger partial charge on any atom is 0.309 e. The average molecular weight is 677 g/mol. The second-order valence-electron chi connectivity index (χ2n) is 12.4. The van der Waals surface area contributed by atoms with Crippen LogP contribution in [0.5, 0.6) is 23.0 Å². The third kappa shape index (κ3) is 7.44. The Labute approximate surface area is 274 Å². The average Bonchev–Trinajstić information content (AvgIpc) is 3.62. The zero-order valence-electron chi connectivity index (χ0n) is 26.9. The van der Waals surface area contributed by atoms with E-state index >= 15 is 8.78 Å². The lowest BCUT2D eigenvalue weighted by Gasteiger charge is -2.20. The number of hydrogen-bond acceptors (Lipinski definition) is 9. The highest BCUT2D eigenvalue weighted by Gasteiger charge is 2.32. The van der Waals surface area contributed by atoms with E-state index in [9.17, 15) is 19.5 Å². The van der Waals surface area contributed by atoms with E-state index in [1.807, 2.05) is 13.8 Å². The van der Waals surface area contributed by atoms with E-state index in [2.05, 4.69) is 0 Å². The minimum atomic E-state index is -1.26. The van der Waals surface area contributed by atoms with Gasteiger partial charge in [0.1, 0.15) is 5.78 Å². The molecule has 0 radical (unpaired) electrons. The molecule has 0 fully saturated rings. The Morgan fingerprint density at radius 3 is 1.83 bits per heavy atom. The first kappa shape index (κ1) is 35.1. The number of rotatable bonds is 16. The van der Waals surface area contributed by atoms with Gasteiger partial charge in [0.2, 0.25) is 0 Å². The van der Waals surface area contributed by atoms with Crippen molar-refractivity contribution < 1.29 is 47.2 Å². The molecule has 46 heavy (non-hydrogen) atoms. The summed E-state index contributed by atoms with van der Waals surface area (Å²) in [5, 5.41) is 9.94. The number of benzene rings is 2. The molecule has 0 bridgehead atoms. The van der Waals surface area contributed by atoms with Crippen molar-refractivity contribution in [3.63, 3.8) is 0 Å². The number of carboxylic acids is 1. The topological polar surface area (TPSA) is 108 Å². The number of carboxylic acid groups (broad SMARTS) is 1. The largest absolute Gasteiger partial charge is 0.493 e. The summed E-state index contributed by atoms with van der Waals surface area (Å²) >= 11 is 2.50. The number of carbonyl (C=O) groups excluding carboxylic acids is 2. The summed E-state index contributed by atoms with van der Waals surface area (Å²) in [6.07, 6.45) is 1.32. The molecular weight excluding hydrogens is 638 g/mol. The van der Waals surface area contributed by atoms with Crippen LogP contribution in [0.1, 0.15) is 68.4 Å². The van der Waals surface area contributed by atoms with E-state index in [1.54, 1.807) is 25.1 Å². The minimum Gasteiger partial charge on any atom is -0.493 e. The number of Topliss-reactive ketones (excluding diaryl/α,β-unsaturated/α-hetero) is 2. The van der Waals surface area contributed by atoms with Crippen LogP contribution in [-0.4, -0.2) is 50.1 Å². The Balaban J connectivity index is 1.43. The fraction of sp³-hybridized carbons (Fsp3) is 0.441. The molecule has 1 N–H and O–H groups in total. The third-order valence-corrected chi connectivity index (χ3v) is 10.3. The van der Waals surface area contributed by atoms with Crippen LogP contribution >= 0.6 is 22.7 Å². The van der Waals surface area contributed by atoms with Crippen molar-refractivity contribution in [3.8, 4) is 23.0 Å².